The number of carbonyl (C=O) groups is 2. The Morgan fingerprint density at radius 1 is 0.857 bits per heavy atom. The highest BCUT2D eigenvalue weighted by Crippen LogP contribution is 2.31. The molecule has 1 aromatic heterocycles. The van der Waals surface area contributed by atoms with Gasteiger partial charge in [0.05, 0.1) is 17.6 Å². The highest BCUT2D eigenvalue weighted by Gasteiger charge is 2.30. The predicted molar refractivity (Wildman–Crippen MR) is 136 cm³/mol. The lowest BCUT2D eigenvalue weighted by atomic mass is 10.2. The second-order valence-corrected chi connectivity index (χ2v) is 8.82. The van der Waals surface area contributed by atoms with E-state index in [1.54, 1.807) is 0 Å². The van der Waals surface area contributed by atoms with Crippen LogP contribution in [0.2, 0.25) is 0 Å². The second kappa shape index (κ2) is 12.3. The average molecular weight is 592 g/mol. The van der Waals surface area contributed by atoms with Gasteiger partial charge in [0.1, 0.15) is 22.8 Å². The molecule has 0 bridgehead atoms. The second-order valence-electron chi connectivity index (χ2n) is 8.82. The molecule has 0 aliphatic carbocycles. The highest BCUT2D eigenvalue weighted by atomic mass is 19.2. The third-order valence-corrected chi connectivity index (χ3v) is 5.75. The Morgan fingerprint density at radius 3 is 2.07 bits per heavy atom. The van der Waals surface area contributed by atoms with Crippen LogP contribution in [0.4, 0.5) is 22.0 Å². The van der Waals surface area contributed by atoms with Gasteiger partial charge in [0, 0.05) is 6.07 Å². The van der Waals surface area contributed by atoms with Crippen molar-refractivity contribution in [2.75, 3.05) is 6.61 Å². The number of carbonyl (C=O) groups excluding carboxylic acids is 2. The minimum absolute atomic E-state index is 0.0162. The molecule has 4 rings (SSSR count). The van der Waals surface area contributed by atoms with Crippen LogP contribution in [0.1, 0.15) is 36.4 Å². The Hall–Kier alpha value is -4.94. The van der Waals surface area contributed by atoms with E-state index in [9.17, 15) is 36.3 Å². The minimum atomic E-state index is -2.38. The maximum atomic E-state index is 13.9. The molecule has 0 fully saturated rings. The molecule has 1 unspecified atom stereocenters. The molecule has 220 valence electrons. The van der Waals surface area contributed by atoms with Gasteiger partial charge in [-0.05, 0) is 56.7 Å². The zero-order valence-corrected chi connectivity index (χ0v) is 22.2. The number of fused-ring (bicyclic) bond motifs is 1. The fourth-order valence-corrected chi connectivity index (χ4v) is 3.62. The molecule has 0 aliphatic rings. The maximum absolute atomic E-state index is 13.9. The third kappa shape index (κ3) is 6.04. The number of ether oxygens (including phenoxy) is 4. The Morgan fingerprint density at radius 2 is 1.45 bits per heavy atom. The van der Waals surface area contributed by atoms with Gasteiger partial charge in [-0.1, -0.05) is 6.92 Å². The summed E-state index contributed by atoms with van der Waals surface area (Å²) in [7, 11) is 0. The molecule has 0 spiro atoms. The maximum Gasteiger partial charge on any atom is 0.352 e. The first-order valence-electron chi connectivity index (χ1n) is 12.3. The molecule has 0 saturated heterocycles. The Bertz CT molecular complexity index is 1700. The van der Waals surface area contributed by atoms with Crippen molar-refractivity contribution in [3.05, 3.63) is 93.1 Å². The van der Waals surface area contributed by atoms with Crippen molar-refractivity contribution in [2.24, 2.45) is 0 Å². The summed E-state index contributed by atoms with van der Waals surface area (Å²) < 4.78 is 94.1. The van der Waals surface area contributed by atoms with Crippen LogP contribution in [0.3, 0.4) is 0 Å². The van der Waals surface area contributed by atoms with Crippen molar-refractivity contribution >= 4 is 22.9 Å². The fraction of sp³-hybridized carbons (Fsp3) is 0.207. The topological polar surface area (TPSA) is 101 Å². The summed E-state index contributed by atoms with van der Waals surface area (Å²) in [5, 5.41) is 0.0425. The standard InChI is InChI=1S/C29H21F5O8/c1-4-11-38-29(37)15-5-7-16(8-6-15)41-26-13(2)39-19-12-17(9-10-18(19)25(26)35)42-28(36)14(3)40-27-23(33)21(31)20(30)22(32)24(27)34/h5-10,12,14H,4,11H2,1-3H3. The van der Waals surface area contributed by atoms with Crippen LogP contribution in [0.5, 0.6) is 23.0 Å². The summed E-state index contributed by atoms with van der Waals surface area (Å²) in [5.41, 5.74) is -0.286. The highest BCUT2D eigenvalue weighted by molar-refractivity contribution is 5.89. The molecule has 0 saturated carbocycles. The van der Waals surface area contributed by atoms with Gasteiger partial charge in [-0.2, -0.15) is 8.78 Å². The molecular formula is C29H21F5O8. The number of halogens is 5. The van der Waals surface area contributed by atoms with E-state index in [2.05, 4.69) is 4.74 Å². The van der Waals surface area contributed by atoms with Gasteiger partial charge in [0.2, 0.25) is 40.3 Å². The van der Waals surface area contributed by atoms with Crippen molar-refractivity contribution in [3.63, 3.8) is 0 Å². The zero-order chi connectivity index (χ0) is 30.7. The van der Waals surface area contributed by atoms with Crippen molar-refractivity contribution < 1.29 is 54.9 Å². The van der Waals surface area contributed by atoms with Crippen LogP contribution >= 0.6 is 0 Å². The number of benzene rings is 3. The first kappa shape index (κ1) is 30.0. The predicted octanol–water partition coefficient (Wildman–Crippen LogP) is 6.53. The summed E-state index contributed by atoms with van der Waals surface area (Å²) >= 11 is 0. The van der Waals surface area contributed by atoms with Crippen LogP contribution in [-0.2, 0) is 9.53 Å². The SMILES string of the molecule is CCCOC(=O)c1ccc(Oc2c(C)oc3cc(OC(=O)C(C)Oc4c(F)c(F)c(F)c(F)c4F)ccc3c2=O)cc1. The van der Waals surface area contributed by atoms with Gasteiger partial charge in [0.25, 0.3) is 0 Å². The normalized spacial score (nSPS) is 11.7. The van der Waals surface area contributed by atoms with E-state index in [1.807, 2.05) is 6.92 Å². The van der Waals surface area contributed by atoms with E-state index in [-0.39, 0.29) is 40.6 Å². The quantitative estimate of drug-likeness (QED) is 0.0711. The Labute approximate surface area is 234 Å². The number of hydrogen-bond donors (Lipinski definition) is 0. The molecule has 1 heterocycles. The summed E-state index contributed by atoms with van der Waals surface area (Å²) in [4.78, 5) is 37.5. The molecule has 0 aliphatic heterocycles. The van der Waals surface area contributed by atoms with Crippen LogP contribution < -0.4 is 19.6 Å². The smallest absolute Gasteiger partial charge is 0.352 e. The molecular weight excluding hydrogens is 571 g/mol. The first-order chi connectivity index (χ1) is 19.9. The van der Waals surface area contributed by atoms with E-state index in [4.69, 9.17) is 18.6 Å². The number of hydrogen-bond acceptors (Lipinski definition) is 8. The minimum Gasteiger partial charge on any atom is -0.473 e. The number of esters is 2. The number of rotatable bonds is 9. The lowest BCUT2D eigenvalue weighted by Gasteiger charge is -2.16. The Balaban J connectivity index is 1.51. The summed E-state index contributed by atoms with van der Waals surface area (Å²) in [6, 6.07) is 9.54. The summed E-state index contributed by atoms with van der Waals surface area (Å²) in [6.45, 7) is 4.56. The molecule has 3 aromatic carbocycles. The average Bonchev–Trinajstić information content (AvgIpc) is 2.98. The molecule has 42 heavy (non-hydrogen) atoms. The first-order valence-corrected chi connectivity index (χ1v) is 12.3. The fourth-order valence-electron chi connectivity index (χ4n) is 3.62. The summed E-state index contributed by atoms with van der Waals surface area (Å²) in [5.74, 6) is -14.8. The van der Waals surface area contributed by atoms with Gasteiger partial charge in [-0.25, -0.2) is 22.8 Å². The van der Waals surface area contributed by atoms with Crippen molar-refractivity contribution in [1.82, 2.24) is 0 Å². The molecule has 8 nitrogen and oxygen atoms in total. The molecule has 1 atom stereocenters. The van der Waals surface area contributed by atoms with Gasteiger partial charge in [-0.15, -0.1) is 0 Å². The molecule has 0 amide bonds. The molecule has 0 N–H and O–H groups in total. The van der Waals surface area contributed by atoms with E-state index >= 15 is 0 Å². The van der Waals surface area contributed by atoms with Crippen molar-refractivity contribution in [2.45, 2.75) is 33.3 Å². The molecule has 0 radical (unpaired) electrons. The lowest BCUT2D eigenvalue weighted by molar-refractivity contribution is -0.141. The van der Waals surface area contributed by atoms with E-state index < -0.39 is 58.3 Å². The van der Waals surface area contributed by atoms with Crippen molar-refractivity contribution in [3.8, 4) is 23.0 Å². The van der Waals surface area contributed by atoms with Crippen LogP contribution in [0.15, 0.2) is 51.7 Å². The van der Waals surface area contributed by atoms with Crippen LogP contribution in [0, 0.1) is 36.0 Å². The van der Waals surface area contributed by atoms with Crippen LogP contribution in [-0.4, -0.2) is 24.6 Å². The lowest BCUT2D eigenvalue weighted by Crippen LogP contribution is -2.29. The third-order valence-electron chi connectivity index (χ3n) is 5.75. The van der Waals surface area contributed by atoms with Gasteiger partial charge < -0.3 is 23.4 Å². The van der Waals surface area contributed by atoms with E-state index in [0.29, 0.717) is 12.0 Å². The van der Waals surface area contributed by atoms with Gasteiger partial charge in [-0.3, -0.25) is 4.79 Å². The van der Waals surface area contributed by atoms with E-state index in [1.165, 1.54) is 49.4 Å². The van der Waals surface area contributed by atoms with Crippen molar-refractivity contribution in [1.29, 1.82) is 0 Å². The van der Waals surface area contributed by atoms with Crippen LogP contribution in [0.25, 0.3) is 11.0 Å². The zero-order valence-electron chi connectivity index (χ0n) is 22.2. The monoisotopic (exact) mass is 592 g/mol. The Kier molecular flexibility index (Phi) is 8.79. The molecule has 13 heteroatoms. The van der Waals surface area contributed by atoms with E-state index in [0.717, 1.165) is 6.92 Å². The molecule has 4 aromatic rings. The van der Waals surface area contributed by atoms with Gasteiger partial charge in [0.15, 0.2) is 11.9 Å². The van der Waals surface area contributed by atoms with Gasteiger partial charge >= 0.3 is 11.9 Å². The largest absolute Gasteiger partial charge is 0.473 e. The number of aryl methyl sites for hydroxylation is 1. The summed E-state index contributed by atoms with van der Waals surface area (Å²) in [6.07, 6.45) is -1.13.